The van der Waals surface area contributed by atoms with Crippen LogP contribution in [0.15, 0.2) is 35.7 Å². The van der Waals surface area contributed by atoms with Crippen LogP contribution in [0.3, 0.4) is 0 Å². The van der Waals surface area contributed by atoms with Crippen molar-refractivity contribution in [2.75, 3.05) is 14.1 Å². The molecule has 20 heavy (non-hydrogen) atoms. The van der Waals surface area contributed by atoms with Crippen molar-refractivity contribution in [1.82, 2.24) is 10.2 Å². The number of carbonyl (C=O) groups excluding carboxylic acids is 1. The molecule has 106 valence electrons. The van der Waals surface area contributed by atoms with E-state index in [4.69, 9.17) is 0 Å². The molecule has 1 aromatic carbocycles. The quantitative estimate of drug-likeness (QED) is 0.781. The van der Waals surface area contributed by atoms with Crippen molar-refractivity contribution < 1.29 is 4.79 Å². The Bertz CT molecular complexity index is 595. The predicted molar refractivity (Wildman–Crippen MR) is 92.0 cm³/mol. The van der Waals surface area contributed by atoms with Crippen LogP contribution in [0.4, 0.5) is 0 Å². The first-order valence-corrected chi connectivity index (χ1v) is 8.26. The maximum atomic E-state index is 12.0. The lowest BCUT2D eigenvalue weighted by Gasteiger charge is -2.14. The van der Waals surface area contributed by atoms with Gasteiger partial charge in [-0.05, 0) is 53.9 Å². The lowest BCUT2D eigenvalue weighted by atomic mass is 10.1. The predicted octanol–water partition coefficient (Wildman–Crippen LogP) is 3.34. The Morgan fingerprint density at radius 1 is 1.30 bits per heavy atom. The molecule has 5 heteroatoms. The number of carbonyl (C=O) groups is 1. The van der Waals surface area contributed by atoms with Gasteiger partial charge in [-0.2, -0.15) is 0 Å². The maximum absolute atomic E-state index is 12.0. The highest BCUT2D eigenvalue weighted by Crippen LogP contribution is 2.17. The van der Waals surface area contributed by atoms with Gasteiger partial charge in [0.05, 0.1) is 8.45 Å². The van der Waals surface area contributed by atoms with E-state index in [0.29, 0.717) is 6.54 Å². The van der Waals surface area contributed by atoms with E-state index in [9.17, 15) is 4.79 Å². The smallest absolute Gasteiger partial charge is 0.252 e. The molecule has 0 bridgehead atoms. The van der Waals surface area contributed by atoms with Crippen LogP contribution < -0.4 is 5.32 Å². The van der Waals surface area contributed by atoms with Gasteiger partial charge in [0.2, 0.25) is 0 Å². The molecule has 3 nitrogen and oxygen atoms in total. The van der Waals surface area contributed by atoms with Gasteiger partial charge >= 0.3 is 0 Å². The molecule has 0 atom stereocenters. The van der Waals surface area contributed by atoms with Gasteiger partial charge < -0.3 is 10.2 Å². The van der Waals surface area contributed by atoms with Crippen molar-refractivity contribution in [3.05, 3.63) is 55.3 Å². The lowest BCUT2D eigenvalue weighted by molar-refractivity contribution is 0.0951. The number of benzene rings is 1. The van der Waals surface area contributed by atoms with Gasteiger partial charge in [-0.1, -0.05) is 24.3 Å². The fourth-order valence-corrected chi connectivity index (χ4v) is 3.26. The third kappa shape index (κ3) is 4.29. The van der Waals surface area contributed by atoms with Gasteiger partial charge in [0, 0.05) is 18.5 Å². The Kier molecular flexibility index (Phi) is 5.56. The molecule has 0 saturated carbocycles. The van der Waals surface area contributed by atoms with E-state index >= 15 is 0 Å². The van der Waals surface area contributed by atoms with E-state index in [-0.39, 0.29) is 5.91 Å². The molecule has 0 fully saturated rings. The van der Waals surface area contributed by atoms with E-state index in [1.807, 2.05) is 37.7 Å². The summed E-state index contributed by atoms with van der Waals surface area (Å²) in [4.78, 5) is 14.2. The fraction of sp³-hybridized carbons (Fsp3) is 0.267. The van der Waals surface area contributed by atoms with E-state index in [2.05, 4.69) is 44.9 Å². The zero-order valence-corrected chi connectivity index (χ0v) is 14.5. The maximum Gasteiger partial charge on any atom is 0.252 e. The number of nitrogens with one attached hydrogen (secondary N) is 1. The normalized spacial score (nSPS) is 10.8. The summed E-state index contributed by atoms with van der Waals surface area (Å²) in [5, 5.41) is 4.88. The minimum absolute atomic E-state index is 0.0103. The van der Waals surface area contributed by atoms with Gasteiger partial charge in [0.15, 0.2) is 0 Å². The van der Waals surface area contributed by atoms with E-state index in [0.717, 1.165) is 15.0 Å². The van der Waals surface area contributed by atoms with Crippen LogP contribution >= 0.6 is 33.9 Å². The Morgan fingerprint density at radius 2 is 2.00 bits per heavy atom. The average Bonchev–Trinajstić information content (AvgIpc) is 2.83. The summed E-state index contributed by atoms with van der Waals surface area (Å²) in [5.74, 6) is -0.0103. The molecule has 0 aliphatic carbocycles. The van der Waals surface area contributed by atoms with Crippen molar-refractivity contribution in [2.45, 2.75) is 13.1 Å². The number of nitrogens with zero attached hydrogens (tertiary/aromatic N) is 1. The first kappa shape index (κ1) is 15.5. The van der Waals surface area contributed by atoms with Gasteiger partial charge in [-0.15, -0.1) is 11.3 Å². The molecule has 0 unspecified atom stereocenters. The molecule has 0 radical (unpaired) electrons. The summed E-state index contributed by atoms with van der Waals surface area (Å²) in [6.07, 6.45) is 0. The number of thiophene rings is 1. The Hall–Kier alpha value is -0.920. The number of halogens is 1. The van der Waals surface area contributed by atoms with Crippen LogP contribution in [0.1, 0.15) is 21.5 Å². The van der Waals surface area contributed by atoms with Crippen LogP contribution in [-0.2, 0) is 13.1 Å². The minimum atomic E-state index is -0.0103. The highest BCUT2D eigenvalue weighted by atomic mass is 127. The molecule has 2 rings (SSSR count). The van der Waals surface area contributed by atoms with Crippen molar-refractivity contribution in [3.8, 4) is 0 Å². The van der Waals surface area contributed by atoms with Gasteiger partial charge in [-0.25, -0.2) is 0 Å². The lowest BCUT2D eigenvalue weighted by Crippen LogP contribution is -2.23. The molecular formula is C15H17IN2OS. The number of amides is 1. The summed E-state index contributed by atoms with van der Waals surface area (Å²) in [7, 11) is 4.09. The highest BCUT2D eigenvalue weighted by Gasteiger charge is 2.09. The molecular weight excluding hydrogens is 383 g/mol. The zero-order chi connectivity index (χ0) is 14.5. The Morgan fingerprint density at radius 3 is 2.60 bits per heavy atom. The molecule has 0 aliphatic rings. The second-order valence-corrected chi connectivity index (χ2v) is 7.63. The average molecular weight is 400 g/mol. The van der Waals surface area contributed by atoms with Crippen molar-refractivity contribution in [3.63, 3.8) is 0 Å². The van der Waals surface area contributed by atoms with Crippen LogP contribution in [-0.4, -0.2) is 24.9 Å². The molecule has 0 spiro atoms. The summed E-state index contributed by atoms with van der Waals surface area (Å²) >= 11 is 3.81. The topological polar surface area (TPSA) is 32.3 Å². The van der Waals surface area contributed by atoms with Crippen molar-refractivity contribution in [1.29, 1.82) is 0 Å². The van der Waals surface area contributed by atoms with Crippen LogP contribution in [0.25, 0.3) is 0 Å². The molecule has 1 amide bonds. The Balaban J connectivity index is 2.02. The van der Waals surface area contributed by atoms with Crippen LogP contribution in [0.5, 0.6) is 0 Å². The molecule has 0 saturated heterocycles. The molecule has 2 aromatic rings. The number of hydrogen-bond donors (Lipinski definition) is 1. The van der Waals surface area contributed by atoms with Crippen LogP contribution in [0.2, 0.25) is 0 Å². The second kappa shape index (κ2) is 7.19. The first-order valence-electron chi connectivity index (χ1n) is 6.30. The number of hydrogen-bond acceptors (Lipinski definition) is 3. The monoisotopic (exact) mass is 400 g/mol. The molecule has 0 aliphatic heterocycles. The number of rotatable bonds is 5. The molecule has 1 aromatic heterocycles. The standard InChI is InChI=1S/C15H17IN2OS/c1-18(2)9-12-6-4-3-5-11(12)8-17-15(19)13-7-14(16)20-10-13/h3-7,10H,8-9H2,1-2H3,(H,17,19). The highest BCUT2D eigenvalue weighted by molar-refractivity contribution is 14.1. The summed E-state index contributed by atoms with van der Waals surface area (Å²) in [5.41, 5.74) is 3.15. The van der Waals surface area contributed by atoms with Crippen LogP contribution in [0, 0.1) is 2.88 Å². The largest absolute Gasteiger partial charge is 0.348 e. The van der Waals surface area contributed by atoms with E-state index < -0.39 is 0 Å². The molecule has 1 N–H and O–H groups in total. The van der Waals surface area contributed by atoms with E-state index in [1.165, 1.54) is 11.1 Å². The third-order valence-electron chi connectivity index (χ3n) is 2.87. The third-order valence-corrected chi connectivity index (χ3v) is 4.66. The van der Waals surface area contributed by atoms with Gasteiger partial charge in [-0.3, -0.25) is 4.79 Å². The zero-order valence-electron chi connectivity index (χ0n) is 11.5. The molecule has 1 heterocycles. The van der Waals surface area contributed by atoms with E-state index in [1.54, 1.807) is 11.3 Å². The summed E-state index contributed by atoms with van der Waals surface area (Å²) in [6, 6.07) is 10.1. The fourth-order valence-electron chi connectivity index (χ4n) is 1.93. The van der Waals surface area contributed by atoms with Gasteiger partial charge in [0.25, 0.3) is 5.91 Å². The van der Waals surface area contributed by atoms with Crippen molar-refractivity contribution in [2.24, 2.45) is 0 Å². The Labute approximate surface area is 137 Å². The minimum Gasteiger partial charge on any atom is -0.348 e. The van der Waals surface area contributed by atoms with Gasteiger partial charge in [0.1, 0.15) is 0 Å². The SMILES string of the molecule is CN(C)Cc1ccccc1CNC(=O)c1csc(I)c1. The summed E-state index contributed by atoms with van der Waals surface area (Å²) in [6.45, 7) is 1.44. The van der Waals surface area contributed by atoms with Crippen molar-refractivity contribution >= 4 is 39.8 Å². The second-order valence-electron chi connectivity index (χ2n) is 4.83. The summed E-state index contributed by atoms with van der Waals surface area (Å²) < 4.78 is 1.13. The first-order chi connectivity index (χ1) is 9.56.